The summed E-state index contributed by atoms with van der Waals surface area (Å²) in [4.78, 5) is 0. The van der Waals surface area contributed by atoms with Gasteiger partial charge in [0.25, 0.3) is 0 Å². The van der Waals surface area contributed by atoms with E-state index in [1.54, 1.807) is 0 Å². The van der Waals surface area contributed by atoms with Crippen LogP contribution in [0, 0.1) is 23.3 Å². The molecule has 2 aromatic rings. The summed E-state index contributed by atoms with van der Waals surface area (Å²) in [6.45, 7) is 0. The molecular formula is C13H7ClF4O. The predicted molar refractivity (Wildman–Crippen MR) is 61.8 cm³/mol. The lowest BCUT2D eigenvalue weighted by Gasteiger charge is -2.15. The lowest BCUT2D eigenvalue weighted by atomic mass is 10.00. The molecule has 0 saturated heterocycles. The Balaban J connectivity index is 2.56. The van der Waals surface area contributed by atoms with E-state index in [-0.39, 0.29) is 5.56 Å². The molecule has 1 nitrogen and oxygen atoms in total. The summed E-state index contributed by atoms with van der Waals surface area (Å²) >= 11 is 5.62. The first kappa shape index (κ1) is 13.8. The van der Waals surface area contributed by atoms with Gasteiger partial charge in [-0.2, -0.15) is 0 Å². The van der Waals surface area contributed by atoms with Gasteiger partial charge in [-0.15, -0.1) is 0 Å². The highest BCUT2D eigenvalue weighted by molar-refractivity contribution is 6.31. The predicted octanol–water partition coefficient (Wildman–Crippen LogP) is 3.98. The van der Waals surface area contributed by atoms with E-state index < -0.39 is 40.0 Å². The maximum absolute atomic E-state index is 13.5. The van der Waals surface area contributed by atoms with Gasteiger partial charge in [-0.25, -0.2) is 17.6 Å². The number of benzene rings is 2. The molecule has 0 aliphatic carbocycles. The van der Waals surface area contributed by atoms with Crippen LogP contribution < -0.4 is 0 Å². The van der Waals surface area contributed by atoms with Crippen LogP contribution in [0.2, 0.25) is 5.02 Å². The van der Waals surface area contributed by atoms with Gasteiger partial charge >= 0.3 is 0 Å². The molecule has 0 bridgehead atoms. The van der Waals surface area contributed by atoms with Crippen LogP contribution in [-0.2, 0) is 0 Å². The first-order chi connectivity index (χ1) is 8.91. The highest BCUT2D eigenvalue weighted by atomic mass is 35.5. The molecule has 0 heterocycles. The third-order valence-electron chi connectivity index (χ3n) is 2.59. The molecular weight excluding hydrogens is 284 g/mol. The molecule has 0 aliphatic heterocycles. The highest BCUT2D eigenvalue weighted by Gasteiger charge is 2.23. The Hall–Kier alpha value is -1.59. The van der Waals surface area contributed by atoms with Crippen LogP contribution in [-0.4, -0.2) is 5.11 Å². The molecule has 0 aliphatic rings. The van der Waals surface area contributed by atoms with E-state index in [0.717, 1.165) is 6.07 Å². The van der Waals surface area contributed by atoms with Crippen molar-refractivity contribution in [2.75, 3.05) is 0 Å². The molecule has 6 heteroatoms. The monoisotopic (exact) mass is 290 g/mol. The Morgan fingerprint density at radius 1 is 0.947 bits per heavy atom. The van der Waals surface area contributed by atoms with Gasteiger partial charge in [-0.3, -0.25) is 0 Å². The maximum Gasteiger partial charge on any atom is 0.142 e. The second-order valence-electron chi connectivity index (χ2n) is 3.83. The molecule has 1 atom stereocenters. The second kappa shape index (κ2) is 5.19. The Morgan fingerprint density at radius 2 is 1.53 bits per heavy atom. The smallest absolute Gasteiger partial charge is 0.142 e. The standard InChI is InChI=1S/C13H7ClF4O/c14-12-7(2-1-3-8(12)16)13(19)11-9(17)4-6(15)5-10(11)18/h1-5,13,19H. The first-order valence-electron chi connectivity index (χ1n) is 5.18. The minimum atomic E-state index is -1.83. The Labute approximate surface area is 111 Å². The third kappa shape index (κ3) is 2.57. The zero-order valence-corrected chi connectivity index (χ0v) is 10.1. The molecule has 19 heavy (non-hydrogen) atoms. The van der Waals surface area contributed by atoms with E-state index in [1.165, 1.54) is 12.1 Å². The van der Waals surface area contributed by atoms with Gasteiger partial charge in [0.2, 0.25) is 0 Å². The summed E-state index contributed by atoms with van der Waals surface area (Å²) in [5.41, 5.74) is -0.986. The molecule has 0 saturated carbocycles. The van der Waals surface area contributed by atoms with Crippen LogP contribution in [0.25, 0.3) is 0 Å². The Morgan fingerprint density at radius 3 is 2.11 bits per heavy atom. The van der Waals surface area contributed by atoms with Crippen LogP contribution in [0.1, 0.15) is 17.2 Å². The second-order valence-corrected chi connectivity index (χ2v) is 4.21. The summed E-state index contributed by atoms with van der Waals surface area (Å²) in [6.07, 6.45) is -1.83. The fourth-order valence-corrected chi connectivity index (χ4v) is 1.93. The van der Waals surface area contributed by atoms with Crippen molar-refractivity contribution in [2.24, 2.45) is 0 Å². The molecule has 0 aromatic heterocycles. The summed E-state index contributed by atoms with van der Waals surface area (Å²) in [6, 6.07) is 4.34. The van der Waals surface area contributed by atoms with Crippen molar-refractivity contribution in [1.82, 2.24) is 0 Å². The van der Waals surface area contributed by atoms with Crippen molar-refractivity contribution >= 4 is 11.6 Å². The SMILES string of the molecule is OC(c1cccc(F)c1Cl)c1c(F)cc(F)cc1F. The number of hydrogen-bond acceptors (Lipinski definition) is 1. The number of aliphatic hydroxyl groups is 1. The van der Waals surface area contributed by atoms with Crippen LogP contribution >= 0.6 is 11.6 Å². The van der Waals surface area contributed by atoms with Crippen LogP contribution in [0.15, 0.2) is 30.3 Å². The zero-order valence-electron chi connectivity index (χ0n) is 9.30. The van der Waals surface area contributed by atoms with Crippen LogP contribution in [0.3, 0.4) is 0 Å². The Kier molecular flexibility index (Phi) is 3.78. The molecule has 1 unspecified atom stereocenters. The lowest BCUT2D eigenvalue weighted by molar-refractivity contribution is 0.208. The number of aliphatic hydroxyl groups excluding tert-OH is 1. The quantitative estimate of drug-likeness (QED) is 0.830. The van der Waals surface area contributed by atoms with Gasteiger partial charge in [0.1, 0.15) is 29.4 Å². The molecule has 100 valence electrons. The summed E-state index contributed by atoms with van der Waals surface area (Å²) in [7, 11) is 0. The molecule has 1 N–H and O–H groups in total. The van der Waals surface area contributed by atoms with Gasteiger partial charge in [0.15, 0.2) is 0 Å². The van der Waals surface area contributed by atoms with E-state index in [0.29, 0.717) is 12.1 Å². The first-order valence-corrected chi connectivity index (χ1v) is 5.56. The summed E-state index contributed by atoms with van der Waals surface area (Å²) in [5.74, 6) is -4.49. The van der Waals surface area contributed by atoms with Gasteiger partial charge in [-0.05, 0) is 6.07 Å². The number of hydrogen-bond donors (Lipinski definition) is 1. The highest BCUT2D eigenvalue weighted by Crippen LogP contribution is 2.32. The lowest BCUT2D eigenvalue weighted by Crippen LogP contribution is -2.07. The van der Waals surface area contributed by atoms with Crippen LogP contribution in [0.5, 0.6) is 0 Å². The molecule has 2 aromatic carbocycles. The largest absolute Gasteiger partial charge is 0.383 e. The van der Waals surface area contributed by atoms with Crippen molar-refractivity contribution in [3.63, 3.8) is 0 Å². The van der Waals surface area contributed by atoms with Crippen molar-refractivity contribution in [3.05, 3.63) is 69.8 Å². The normalized spacial score (nSPS) is 12.5. The van der Waals surface area contributed by atoms with E-state index >= 15 is 0 Å². The molecule has 0 amide bonds. The van der Waals surface area contributed by atoms with E-state index in [9.17, 15) is 22.7 Å². The maximum atomic E-state index is 13.5. The summed E-state index contributed by atoms with van der Waals surface area (Å²) < 4.78 is 53.0. The van der Waals surface area contributed by atoms with Gasteiger partial charge in [0, 0.05) is 17.7 Å². The van der Waals surface area contributed by atoms with E-state index in [1.807, 2.05) is 0 Å². The number of rotatable bonds is 2. The minimum absolute atomic E-state index is 0.203. The topological polar surface area (TPSA) is 20.2 Å². The van der Waals surface area contributed by atoms with Crippen molar-refractivity contribution in [2.45, 2.75) is 6.10 Å². The fourth-order valence-electron chi connectivity index (χ4n) is 1.70. The molecule has 2 rings (SSSR count). The van der Waals surface area contributed by atoms with Crippen molar-refractivity contribution in [3.8, 4) is 0 Å². The van der Waals surface area contributed by atoms with Gasteiger partial charge in [-0.1, -0.05) is 23.7 Å². The average Bonchev–Trinajstić information content (AvgIpc) is 2.31. The van der Waals surface area contributed by atoms with Crippen LogP contribution in [0.4, 0.5) is 17.6 Å². The average molecular weight is 291 g/mol. The fraction of sp³-hybridized carbons (Fsp3) is 0.0769. The molecule has 0 spiro atoms. The summed E-state index contributed by atoms with van der Waals surface area (Å²) in [5, 5.41) is 9.45. The van der Waals surface area contributed by atoms with Gasteiger partial charge < -0.3 is 5.11 Å². The molecule has 0 fully saturated rings. The van der Waals surface area contributed by atoms with Crippen molar-refractivity contribution in [1.29, 1.82) is 0 Å². The van der Waals surface area contributed by atoms with E-state index in [4.69, 9.17) is 11.6 Å². The number of halogens is 5. The minimum Gasteiger partial charge on any atom is -0.383 e. The van der Waals surface area contributed by atoms with Crippen molar-refractivity contribution < 1.29 is 22.7 Å². The van der Waals surface area contributed by atoms with Gasteiger partial charge in [0.05, 0.1) is 10.6 Å². The van der Waals surface area contributed by atoms with E-state index in [2.05, 4.69) is 0 Å². The Bertz CT molecular complexity index is 607. The zero-order chi connectivity index (χ0) is 14.2. The molecule has 0 radical (unpaired) electrons. The third-order valence-corrected chi connectivity index (χ3v) is 2.99.